The van der Waals surface area contributed by atoms with Gasteiger partial charge < -0.3 is 10.1 Å². The van der Waals surface area contributed by atoms with Gasteiger partial charge in [0.1, 0.15) is 11.3 Å². The second-order valence-corrected chi connectivity index (χ2v) is 2.69. The molecule has 2 aromatic rings. The number of nitrogens with one attached hydrogen (secondary N) is 1. The number of carboxylic acids is 1. The summed E-state index contributed by atoms with van der Waals surface area (Å²) in [5.74, 6) is -0.306. The van der Waals surface area contributed by atoms with Crippen molar-refractivity contribution in [3.05, 3.63) is 23.7 Å². The molecule has 0 unspecified atom stereocenters. The molecule has 2 rings (SSSR count). The normalized spacial score (nSPS) is 10.5. The molecule has 66 valence electrons. The number of nitrogens with zero attached hydrogens (tertiary/aromatic N) is 2. The molecule has 0 saturated carbocycles. The van der Waals surface area contributed by atoms with Crippen LogP contribution in [0.1, 0.15) is 16.3 Å². The molecule has 0 aliphatic carbocycles. The van der Waals surface area contributed by atoms with Gasteiger partial charge in [-0.15, -0.1) is 0 Å². The Labute approximate surface area is 73.4 Å². The van der Waals surface area contributed by atoms with Gasteiger partial charge in [-0.25, -0.2) is 14.8 Å². The van der Waals surface area contributed by atoms with Gasteiger partial charge in [0.2, 0.25) is 0 Å². The highest BCUT2D eigenvalue weighted by molar-refractivity contribution is 5.88. The Balaban J connectivity index is 2.67. The standard InChI is InChI=1S/C8H7N3O2/c1-4-9-5-2-3-6(8(12)13)11-7(5)10-4/h2-3H,1H3,(H,12,13)(H,9,10,11). The van der Waals surface area contributed by atoms with E-state index in [1.54, 1.807) is 13.0 Å². The number of aryl methyl sites for hydroxylation is 1. The predicted molar refractivity (Wildman–Crippen MR) is 45.6 cm³/mol. The van der Waals surface area contributed by atoms with Crippen LogP contribution in [0.2, 0.25) is 0 Å². The van der Waals surface area contributed by atoms with E-state index in [-0.39, 0.29) is 5.69 Å². The van der Waals surface area contributed by atoms with Crippen LogP contribution in [0.15, 0.2) is 12.1 Å². The molecule has 5 nitrogen and oxygen atoms in total. The number of H-pyrrole nitrogens is 1. The molecule has 2 aromatic heterocycles. The largest absolute Gasteiger partial charge is 0.477 e. The van der Waals surface area contributed by atoms with Crippen LogP contribution in [0.25, 0.3) is 11.2 Å². The van der Waals surface area contributed by atoms with E-state index in [2.05, 4.69) is 15.0 Å². The predicted octanol–water partition coefficient (Wildman–Crippen LogP) is 0.965. The number of aromatic carboxylic acids is 1. The minimum atomic E-state index is -1.03. The number of imidazole rings is 1. The third-order valence-electron chi connectivity index (χ3n) is 1.68. The number of aromatic amines is 1. The van der Waals surface area contributed by atoms with Crippen LogP contribution in [0.4, 0.5) is 0 Å². The Morgan fingerprint density at radius 2 is 2.23 bits per heavy atom. The van der Waals surface area contributed by atoms with Crippen molar-refractivity contribution in [2.45, 2.75) is 6.92 Å². The Morgan fingerprint density at radius 1 is 1.46 bits per heavy atom. The van der Waals surface area contributed by atoms with Crippen molar-refractivity contribution in [1.29, 1.82) is 0 Å². The molecule has 13 heavy (non-hydrogen) atoms. The lowest BCUT2D eigenvalue weighted by molar-refractivity contribution is 0.0691. The second kappa shape index (κ2) is 2.55. The molecule has 2 N–H and O–H groups in total. The van der Waals surface area contributed by atoms with Gasteiger partial charge in [0.05, 0.1) is 0 Å². The second-order valence-electron chi connectivity index (χ2n) is 2.69. The Bertz CT molecular complexity index is 475. The van der Waals surface area contributed by atoms with E-state index < -0.39 is 5.97 Å². The third kappa shape index (κ3) is 1.24. The summed E-state index contributed by atoms with van der Waals surface area (Å²) in [6.07, 6.45) is 0. The average molecular weight is 177 g/mol. The topological polar surface area (TPSA) is 78.9 Å². The maximum Gasteiger partial charge on any atom is 0.354 e. The van der Waals surface area contributed by atoms with E-state index in [0.29, 0.717) is 11.2 Å². The number of carbonyl (C=O) groups is 1. The minimum absolute atomic E-state index is 0.0242. The molecule has 0 radical (unpaired) electrons. The van der Waals surface area contributed by atoms with Crippen molar-refractivity contribution in [2.75, 3.05) is 0 Å². The fourth-order valence-corrected chi connectivity index (χ4v) is 1.13. The summed E-state index contributed by atoms with van der Waals surface area (Å²) in [6.45, 7) is 1.79. The Hall–Kier alpha value is -1.91. The highest BCUT2D eigenvalue weighted by Crippen LogP contribution is 2.09. The monoisotopic (exact) mass is 177 g/mol. The highest BCUT2D eigenvalue weighted by atomic mass is 16.4. The van der Waals surface area contributed by atoms with Gasteiger partial charge in [0, 0.05) is 0 Å². The lowest BCUT2D eigenvalue weighted by Crippen LogP contribution is -1.99. The van der Waals surface area contributed by atoms with E-state index in [1.807, 2.05) is 0 Å². The zero-order chi connectivity index (χ0) is 9.42. The summed E-state index contributed by atoms with van der Waals surface area (Å²) >= 11 is 0. The molecule has 0 saturated heterocycles. The van der Waals surface area contributed by atoms with E-state index in [9.17, 15) is 4.79 Å². The van der Waals surface area contributed by atoms with Crippen molar-refractivity contribution in [3.8, 4) is 0 Å². The number of hydrogen-bond acceptors (Lipinski definition) is 3. The van der Waals surface area contributed by atoms with Gasteiger partial charge in [-0.05, 0) is 19.1 Å². The van der Waals surface area contributed by atoms with E-state index in [4.69, 9.17) is 5.11 Å². The third-order valence-corrected chi connectivity index (χ3v) is 1.68. The number of pyridine rings is 1. The summed E-state index contributed by atoms with van der Waals surface area (Å²) in [4.78, 5) is 21.4. The molecule has 0 fully saturated rings. The fourth-order valence-electron chi connectivity index (χ4n) is 1.13. The summed E-state index contributed by atoms with van der Waals surface area (Å²) in [5, 5.41) is 8.65. The van der Waals surface area contributed by atoms with Crippen molar-refractivity contribution in [3.63, 3.8) is 0 Å². The molecular formula is C8H7N3O2. The number of aromatic nitrogens is 3. The summed E-state index contributed by atoms with van der Waals surface area (Å²) < 4.78 is 0. The molecule has 0 amide bonds. The first kappa shape index (κ1) is 7.72. The van der Waals surface area contributed by atoms with Crippen LogP contribution in [0, 0.1) is 6.92 Å². The van der Waals surface area contributed by atoms with Crippen molar-refractivity contribution in [2.24, 2.45) is 0 Å². The Morgan fingerprint density at radius 3 is 2.92 bits per heavy atom. The molecule has 2 heterocycles. The molecule has 0 aliphatic rings. The summed E-state index contributed by atoms with van der Waals surface area (Å²) in [5.41, 5.74) is 1.22. The van der Waals surface area contributed by atoms with Gasteiger partial charge >= 0.3 is 5.97 Å². The first-order valence-corrected chi connectivity index (χ1v) is 3.73. The van der Waals surface area contributed by atoms with Crippen LogP contribution in [-0.4, -0.2) is 26.0 Å². The Kier molecular flexibility index (Phi) is 1.51. The average Bonchev–Trinajstić information content (AvgIpc) is 2.42. The maximum absolute atomic E-state index is 10.6. The van der Waals surface area contributed by atoms with Gasteiger partial charge in [-0.1, -0.05) is 0 Å². The quantitative estimate of drug-likeness (QED) is 0.680. The number of rotatable bonds is 1. The van der Waals surface area contributed by atoms with Crippen molar-refractivity contribution in [1.82, 2.24) is 15.0 Å². The van der Waals surface area contributed by atoms with Gasteiger partial charge in [-0.3, -0.25) is 0 Å². The van der Waals surface area contributed by atoms with Gasteiger partial charge in [0.15, 0.2) is 11.3 Å². The van der Waals surface area contributed by atoms with Crippen LogP contribution in [-0.2, 0) is 0 Å². The molecule has 5 heteroatoms. The first-order chi connectivity index (χ1) is 6.16. The van der Waals surface area contributed by atoms with Gasteiger partial charge in [-0.2, -0.15) is 0 Å². The summed E-state index contributed by atoms with van der Waals surface area (Å²) in [6, 6.07) is 3.07. The first-order valence-electron chi connectivity index (χ1n) is 3.73. The van der Waals surface area contributed by atoms with E-state index >= 15 is 0 Å². The van der Waals surface area contributed by atoms with Crippen LogP contribution >= 0.6 is 0 Å². The maximum atomic E-state index is 10.6. The highest BCUT2D eigenvalue weighted by Gasteiger charge is 2.06. The number of hydrogen-bond donors (Lipinski definition) is 2. The SMILES string of the molecule is Cc1nc2ccc(C(=O)O)nc2[nH]1. The molecule has 0 atom stereocenters. The fraction of sp³-hybridized carbons (Fsp3) is 0.125. The van der Waals surface area contributed by atoms with E-state index in [1.165, 1.54) is 6.07 Å². The van der Waals surface area contributed by atoms with E-state index in [0.717, 1.165) is 5.82 Å². The summed E-state index contributed by atoms with van der Waals surface area (Å²) in [7, 11) is 0. The number of carboxylic acid groups (broad SMARTS) is 1. The lowest BCUT2D eigenvalue weighted by atomic mass is 10.3. The molecular weight excluding hydrogens is 170 g/mol. The van der Waals surface area contributed by atoms with Crippen molar-refractivity contribution < 1.29 is 9.90 Å². The minimum Gasteiger partial charge on any atom is -0.477 e. The molecule has 0 aromatic carbocycles. The van der Waals surface area contributed by atoms with Gasteiger partial charge in [0.25, 0.3) is 0 Å². The van der Waals surface area contributed by atoms with Crippen LogP contribution in [0.5, 0.6) is 0 Å². The van der Waals surface area contributed by atoms with Crippen LogP contribution < -0.4 is 0 Å². The zero-order valence-electron chi connectivity index (χ0n) is 6.90. The smallest absolute Gasteiger partial charge is 0.354 e. The number of fused-ring (bicyclic) bond motifs is 1. The molecule has 0 bridgehead atoms. The molecule has 0 spiro atoms. The lowest BCUT2D eigenvalue weighted by Gasteiger charge is -1.91. The zero-order valence-corrected chi connectivity index (χ0v) is 6.90. The molecule has 0 aliphatic heterocycles. The van der Waals surface area contributed by atoms with Crippen LogP contribution in [0.3, 0.4) is 0 Å². The van der Waals surface area contributed by atoms with Crippen molar-refractivity contribution >= 4 is 17.1 Å².